The molecule has 0 bridgehead atoms. The molecular formula is C6H15BrOSi. The molecule has 1 atom stereocenters. The van der Waals surface area contributed by atoms with Gasteiger partial charge in [0.25, 0.3) is 0 Å². The van der Waals surface area contributed by atoms with Crippen molar-refractivity contribution in [1.29, 1.82) is 0 Å². The van der Waals surface area contributed by atoms with E-state index < -0.39 is 8.32 Å². The highest BCUT2D eigenvalue weighted by Gasteiger charge is 2.16. The molecule has 0 aromatic carbocycles. The van der Waals surface area contributed by atoms with Crippen molar-refractivity contribution in [1.82, 2.24) is 0 Å². The summed E-state index contributed by atoms with van der Waals surface area (Å²) >= 11 is 3.36. The lowest BCUT2D eigenvalue weighted by Gasteiger charge is -2.21. The molecule has 0 unspecified atom stereocenters. The summed E-state index contributed by atoms with van der Waals surface area (Å²) in [6.45, 7) is 8.69. The summed E-state index contributed by atoms with van der Waals surface area (Å²) in [5.41, 5.74) is 0. The first kappa shape index (κ1) is 9.66. The molecule has 0 aromatic rings. The summed E-state index contributed by atoms with van der Waals surface area (Å²) in [6.07, 6.45) is 0.372. The van der Waals surface area contributed by atoms with Crippen molar-refractivity contribution < 1.29 is 4.43 Å². The zero-order valence-electron chi connectivity index (χ0n) is 6.57. The van der Waals surface area contributed by atoms with Gasteiger partial charge in [0.2, 0.25) is 0 Å². The maximum Gasteiger partial charge on any atom is 0.184 e. The molecule has 0 heterocycles. The lowest BCUT2D eigenvalue weighted by molar-refractivity contribution is 0.241. The average Bonchev–Trinajstić information content (AvgIpc) is 1.62. The van der Waals surface area contributed by atoms with Crippen molar-refractivity contribution in [2.45, 2.75) is 32.7 Å². The van der Waals surface area contributed by atoms with Gasteiger partial charge in [-0.3, -0.25) is 0 Å². The van der Waals surface area contributed by atoms with Gasteiger partial charge in [-0.2, -0.15) is 0 Å². The smallest absolute Gasteiger partial charge is 0.184 e. The van der Waals surface area contributed by atoms with E-state index in [-0.39, 0.29) is 0 Å². The Morgan fingerprint density at radius 3 is 2.00 bits per heavy atom. The van der Waals surface area contributed by atoms with Crippen LogP contribution in [0.1, 0.15) is 6.92 Å². The van der Waals surface area contributed by atoms with Crippen molar-refractivity contribution in [2.75, 3.05) is 5.33 Å². The normalized spacial score (nSPS) is 15.7. The van der Waals surface area contributed by atoms with E-state index >= 15 is 0 Å². The van der Waals surface area contributed by atoms with Gasteiger partial charge in [0.1, 0.15) is 0 Å². The third-order valence-electron chi connectivity index (χ3n) is 0.772. The molecule has 0 saturated carbocycles. The van der Waals surface area contributed by atoms with Gasteiger partial charge >= 0.3 is 0 Å². The molecule has 9 heavy (non-hydrogen) atoms. The Balaban J connectivity index is 3.47. The summed E-state index contributed by atoms with van der Waals surface area (Å²) in [7, 11) is -1.27. The number of halogens is 1. The van der Waals surface area contributed by atoms with E-state index in [1.807, 2.05) is 0 Å². The van der Waals surface area contributed by atoms with Gasteiger partial charge in [-0.15, -0.1) is 0 Å². The second kappa shape index (κ2) is 3.74. The molecule has 0 saturated heterocycles. The Hall–Kier alpha value is 0.657. The molecule has 1 nitrogen and oxygen atoms in total. The quantitative estimate of drug-likeness (QED) is 0.515. The van der Waals surface area contributed by atoms with E-state index in [4.69, 9.17) is 4.43 Å². The molecule has 0 aliphatic carbocycles. The molecule has 0 aliphatic rings. The maximum atomic E-state index is 5.68. The second-order valence-electron chi connectivity index (χ2n) is 3.20. The van der Waals surface area contributed by atoms with Gasteiger partial charge in [0.05, 0.1) is 6.10 Å². The number of hydrogen-bond donors (Lipinski definition) is 0. The molecule has 0 aliphatic heterocycles. The Bertz CT molecular complexity index is 79.6. The minimum absolute atomic E-state index is 0.372. The van der Waals surface area contributed by atoms with Crippen LogP contribution in [0.2, 0.25) is 19.6 Å². The highest BCUT2D eigenvalue weighted by atomic mass is 79.9. The number of alkyl halides is 1. The summed E-state index contributed by atoms with van der Waals surface area (Å²) in [6, 6.07) is 0. The van der Waals surface area contributed by atoms with Crippen molar-refractivity contribution in [3.05, 3.63) is 0 Å². The number of rotatable bonds is 3. The van der Waals surface area contributed by atoms with Crippen LogP contribution in [-0.4, -0.2) is 19.8 Å². The first-order chi connectivity index (χ1) is 3.95. The number of hydrogen-bond acceptors (Lipinski definition) is 1. The molecule has 0 aromatic heterocycles. The van der Waals surface area contributed by atoms with Crippen molar-refractivity contribution in [3.8, 4) is 0 Å². The lowest BCUT2D eigenvalue weighted by atomic mass is 10.5. The van der Waals surface area contributed by atoms with Crippen molar-refractivity contribution in [2.24, 2.45) is 0 Å². The van der Waals surface area contributed by atoms with E-state index in [0.717, 1.165) is 5.33 Å². The monoisotopic (exact) mass is 210 g/mol. The topological polar surface area (TPSA) is 9.23 Å². The van der Waals surface area contributed by atoms with Crippen LogP contribution in [0, 0.1) is 0 Å². The van der Waals surface area contributed by atoms with Gasteiger partial charge in [-0.25, -0.2) is 0 Å². The van der Waals surface area contributed by atoms with Gasteiger partial charge < -0.3 is 4.43 Å². The minimum Gasteiger partial charge on any atom is -0.414 e. The predicted molar refractivity (Wildman–Crippen MR) is 47.7 cm³/mol. The Morgan fingerprint density at radius 2 is 1.89 bits per heavy atom. The molecule has 0 fully saturated rings. The summed E-state index contributed by atoms with van der Waals surface area (Å²) in [4.78, 5) is 0. The van der Waals surface area contributed by atoms with Gasteiger partial charge in [-0.1, -0.05) is 15.9 Å². The molecular weight excluding hydrogens is 196 g/mol. The molecule has 0 spiro atoms. The van der Waals surface area contributed by atoms with Gasteiger partial charge in [-0.05, 0) is 26.6 Å². The molecule has 0 radical (unpaired) electrons. The summed E-state index contributed by atoms with van der Waals surface area (Å²) in [5.74, 6) is 0. The van der Waals surface area contributed by atoms with Crippen molar-refractivity contribution >= 4 is 24.2 Å². The Morgan fingerprint density at radius 1 is 1.44 bits per heavy atom. The highest BCUT2D eigenvalue weighted by Crippen LogP contribution is 2.07. The fourth-order valence-electron chi connectivity index (χ4n) is 0.635. The van der Waals surface area contributed by atoms with Crippen LogP contribution in [0.3, 0.4) is 0 Å². The van der Waals surface area contributed by atoms with Crippen molar-refractivity contribution in [3.63, 3.8) is 0 Å². The average molecular weight is 211 g/mol. The Kier molecular flexibility index (Phi) is 4.01. The largest absolute Gasteiger partial charge is 0.414 e. The first-order valence-electron chi connectivity index (χ1n) is 3.19. The van der Waals surface area contributed by atoms with Crippen LogP contribution in [0.15, 0.2) is 0 Å². The van der Waals surface area contributed by atoms with Gasteiger partial charge in [0, 0.05) is 5.33 Å². The van der Waals surface area contributed by atoms with Crippen LogP contribution in [-0.2, 0) is 4.43 Å². The van der Waals surface area contributed by atoms with Crippen LogP contribution in [0.5, 0.6) is 0 Å². The van der Waals surface area contributed by atoms with E-state index in [0.29, 0.717) is 6.10 Å². The lowest BCUT2D eigenvalue weighted by Crippen LogP contribution is -2.31. The van der Waals surface area contributed by atoms with E-state index in [1.54, 1.807) is 0 Å². The van der Waals surface area contributed by atoms with Crippen LogP contribution >= 0.6 is 15.9 Å². The predicted octanol–water partition coefficient (Wildman–Crippen LogP) is 2.62. The standard InChI is InChI=1S/C6H15BrOSi/c1-6(5-7)8-9(2,3)4/h6H,5H2,1-4H3/t6-/m1/s1. The fraction of sp³-hybridized carbons (Fsp3) is 1.00. The SMILES string of the molecule is C[C@H](CBr)O[Si](C)(C)C. The maximum absolute atomic E-state index is 5.68. The summed E-state index contributed by atoms with van der Waals surface area (Å²) in [5, 5.41) is 0.942. The second-order valence-corrected chi connectivity index (χ2v) is 8.30. The molecule has 56 valence electrons. The summed E-state index contributed by atoms with van der Waals surface area (Å²) < 4.78 is 5.68. The third-order valence-corrected chi connectivity index (χ3v) is 2.79. The van der Waals surface area contributed by atoms with E-state index in [1.165, 1.54) is 0 Å². The highest BCUT2D eigenvalue weighted by molar-refractivity contribution is 9.09. The third kappa shape index (κ3) is 6.54. The molecule has 0 rings (SSSR count). The Labute approximate surface area is 67.0 Å². The van der Waals surface area contributed by atoms with Crippen LogP contribution in [0.25, 0.3) is 0 Å². The zero-order valence-corrected chi connectivity index (χ0v) is 9.16. The van der Waals surface area contributed by atoms with Crippen LogP contribution in [0.4, 0.5) is 0 Å². The molecule has 0 N–H and O–H groups in total. The van der Waals surface area contributed by atoms with Crippen LogP contribution < -0.4 is 0 Å². The minimum atomic E-state index is -1.27. The fourth-order valence-corrected chi connectivity index (χ4v) is 2.30. The van der Waals surface area contributed by atoms with Gasteiger partial charge in [0.15, 0.2) is 8.32 Å². The first-order valence-corrected chi connectivity index (χ1v) is 7.72. The van der Waals surface area contributed by atoms with E-state index in [9.17, 15) is 0 Å². The zero-order chi connectivity index (χ0) is 7.49. The molecule has 3 heteroatoms. The molecule has 0 amide bonds. The van der Waals surface area contributed by atoms with E-state index in [2.05, 4.69) is 42.5 Å².